The monoisotopic (exact) mass is 599 g/mol. The number of alkyl halides is 1. The molecular weight excluding hydrogens is 567 g/mol. The maximum atomic E-state index is 14.9. The Morgan fingerprint density at radius 3 is 2.55 bits per heavy atom. The molecule has 1 aliphatic heterocycles. The van der Waals surface area contributed by atoms with Crippen LogP contribution in [0.25, 0.3) is 16.6 Å². The molecule has 0 saturated carbocycles. The third-order valence-corrected chi connectivity index (χ3v) is 10.4. The van der Waals surface area contributed by atoms with E-state index in [1.54, 1.807) is 17.4 Å². The molecule has 2 aromatic heterocycles. The Balaban J connectivity index is 1.45. The second-order valence-corrected chi connectivity index (χ2v) is 14.6. The Morgan fingerprint density at radius 1 is 1.10 bits per heavy atom. The summed E-state index contributed by atoms with van der Waals surface area (Å²) in [6, 6.07) is 19.3. The van der Waals surface area contributed by atoms with Gasteiger partial charge in [0, 0.05) is 37.1 Å². The molecule has 3 atom stereocenters. The lowest BCUT2D eigenvalue weighted by molar-refractivity contribution is 0.323. The van der Waals surface area contributed by atoms with Crippen LogP contribution in [0.5, 0.6) is 0 Å². The van der Waals surface area contributed by atoms with Crippen molar-refractivity contribution in [3.63, 3.8) is 0 Å². The molecule has 0 N–H and O–H groups in total. The first kappa shape index (κ1) is 28.8. The molecule has 214 valence electrons. The molecule has 42 heavy (non-hydrogen) atoms. The van der Waals surface area contributed by atoms with Gasteiger partial charge in [-0.05, 0) is 73.2 Å². The zero-order chi connectivity index (χ0) is 29.9. The summed E-state index contributed by atoms with van der Waals surface area (Å²) in [5, 5.41) is 8.13. The SMILES string of the molecule is [B]c1ccc(-n2ncc3cc(C4(Cc5cccc(C(C)(F)P)c5)CCN(S(=O)(=O)c5cnn(C)c5)C4)c(C)cc32)cc1. The number of fused-ring (bicyclic) bond motifs is 1. The Labute approximate surface area is 249 Å². The lowest BCUT2D eigenvalue weighted by Gasteiger charge is -2.32. The van der Waals surface area contributed by atoms with Gasteiger partial charge in [-0.25, -0.2) is 17.5 Å². The molecule has 0 bridgehead atoms. The number of hydrogen-bond donors (Lipinski definition) is 0. The lowest BCUT2D eigenvalue weighted by atomic mass is 9.73. The minimum Gasteiger partial charge on any atom is -0.274 e. The summed E-state index contributed by atoms with van der Waals surface area (Å²) in [6.07, 6.45) is 5.93. The van der Waals surface area contributed by atoms with Crippen molar-refractivity contribution in [3.05, 3.63) is 102 Å². The second kappa shape index (κ2) is 10.4. The Kier molecular flexibility index (Phi) is 7.15. The predicted octanol–water partition coefficient (Wildman–Crippen LogP) is 4.45. The number of sulfonamides is 1. The lowest BCUT2D eigenvalue weighted by Crippen LogP contribution is -2.36. The highest BCUT2D eigenvalue weighted by atomic mass is 32.2. The van der Waals surface area contributed by atoms with E-state index in [-0.39, 0.29) is 4.90 Å². The zero-order valence-corrected chi connectivity index (χ0v) is 25.8. The number of aryl methyl sites for hydroxylation is 2. The summed E-state index contributed by atoms with van der Waals surface area (Å²) in [4.78, 5) is 0.177. The fraction of sp³-hybridized carbons (Fsp3) is 0.290. The van der Waals surface area contributed by atoms with Crippen molar-refractivity contribution in [3.8, 4) is 5.69 Å². The first-order valence-electron chi connectivity index (χ1n) is 13.8. The van der Waals surface area contributed by atoms with E-state index < -0.39 is 20.8 Å². The third kappa shape index (κ3) is 5.21. The zero-order valence-electron chi connectivity index (χ0n) is 23.8. The number of rotatable bonds is 7. The number of halogens is 1. The smallest absolute Gasteiger partial charge is 0.246 e. The standard InChI is InChI=1S/C31H32BFN5O2PS/c1-21-13-29-23(17-35-38(29)26-9-7-25(32)8-10-26)15-28(21)31(16-22-5-4-6-24(14-22)30(2,33)41)11-12-37(20-31)42(39,40)27-18-34-36(3)19-27/h4-10,13-15,17-19H,11-12,16,20,41H2,1-3H3. The van der Waals surface area contributed by atoms with Crippen molar-refractivity contribution in [1.29, 1.82) is 0 Å². The Morgan fingerprint density at radius 2 is 1.86 bits per heavy atom. The molecule has 0 spiro atoms. The fourth-order valence-electron chi connectivity index (χ4n) is 6.13. The summed E-state index contributed by atoms with van der Waals surface area (Å²) < 4.78 is 47.2. The maximum absolute atomic E-state index is 14.9. The van der Waals surface area contributed by atoms with Crippen LogP contribution < -0.4 is 5.46 Å². The van der Waals surface area contributed by atoms with Gasteiger partial charge in [0.25, 0.3) is 0 Å². The van der Waals surface area contributed by atoms with Crippen LogP contribution >= 0.6 is 9.24 Å². The van der Waals surface area contributed by atoms with Crippen molar-refractivity contribution in [1.82, 2.24) is 23.9 Å². The molecule has 5 aromatic rings. The van der Waals surface area contributed by atoms with E-state index in [0.717, 1.165) is 33.3 Å². The Bertz CT molecular complexity index is 1900. The van der Waals surface area contributed by atoms with Gasteiger partial charge in [0.15, 0.2) is 0 Å². The van der Waals surface area contributed by atoms with E-state index in [0.29, 0.717) is 37.0 Å². The van der Waals surface area contributed by atoms with Crippen LogP contribution in [0.2, 0.25) is 0 Å². The molecular formula is C31H32BFN5O2PS. The highest BCUT2D eigenvalue weighted by Gasteiger charge is 2.45. The summed E-state index contributed by atoms with van der Waals surface area (Å²) in [5.41, 5.74) is 5.62. The van der Waals surface area contributed by atoms with E-state index in [4.69, 9.17) is 7.85 Å². The second-order valence-electron chi connectivity index (χ2n) is 11.5. The first-order chi connectivity index (χ1) is 19.9. The largest absolute Gasteiger partial charge is 0.274 e. The van der Waals surface area contributed by atoms with Gasteiger partial charge in [0.1, 0.15) is 18.2 Å². The molecule has 1 aliphatic rings. The van der Waals surface area contributed by atoms with Gasteiger partial charge in [-0.1, -0.05) is 51.1 Å². The molecule has 0 aliphatic carbocycles. The molecule has 1 saturated heterocycles. The van der Waals surface area contributed by atoms with Crippen molar-refractivity contribution >= 4 is 43.5 Å². The van der Waals surface area contributed by atoms with E-state index >= 15 is 0 Å². The molecule has 2 radical (unpaired) electrons. The van der Waals surface area contributed by atoms with E-state index in [9.17, 15) is 12.8 Å². The quantitative estimate of drug-likeness (QED) is 0.205. The number of benzene rings is 3. The molecule has 11 heteroatoms. The van der Waals surface area contributed by atoms with Crippen molar-refractivity contribution in [2.24, 2.45) is 7.05 Å². The summed E-state index contributed by atoms with van der Waals surface area (Å²) >= 11 is 0. The van der Waals surface area contributed by atoms with Gasteiger partial charge in [-0.3, -0.25) is 4.68 Å². The molecule has 3 aromatic carbocycles. The van der Waals surface area contributed by atoms with Gasteiger partial charge >= 0.3 is 0 Å². The average Bonchev–Trinajstić information content (AvgIpc) is 3.68. The topological polar surface area (TPSA) is 73.0 Å². The third-order valence-electron chi connectivity index (χ3n) is 8.29. The summed E-state index contributed by atoms with van der Waals surface area (Å²) in [6.45, 7) is 4.23. The van der Waals surface area contributed by atoms with E-state index in [1.807, 2.05) is 53.3 Å². The van der Waals surface area contributed by atoms with Crippen LogP contribution in [-0.4, -0.2) is 53.2 Å². The minimum absolute atomic E-state index is 0.177. The number of nitrogens with zero attached hydrogens (tertiary/aromatic N) is 5. The van der Waals surface area contributed by atoms with Crippen molar-refractivity contribution < 1.29 is 12.8 Å². The number of aromatic nitrogens is 4. The van der Waals surface area contributed by atoms with Crippen LogP contribution in [0.4, 0.5) is 4.39 Å². The molecule has 7 nitrogen and oxygen atoms in total. The number of hydrogen-bond acceptors (Lipinski definition) is 4. The summed E-state index contributed by atoms with van der Waals surface area (Å²) in [5.74, 6) is 0. The predicted molar refractivity (Wildman–Crippen MR) is 168 cm³/mol. The van der Waals surface area contributed by atoms with E-state index in [2.05, 4.69) is 38.5 Å². The van der Waals surface area contributed by atoms with Crippen LogP contribution in [0, 0.1) is 6.92 Å². The van der Waals surface area contributed by atoms with Crippen LogP contribution in [0.3, 0.4) is 0 Å². The van der Waals surface area contributed by atoms with Crippen LogP contribution in [0.15, 0.2) is 84.1 Å². The van der Waals surface area contributed by atoms with Crippen LogP contribution in [-0.2, 0) is 34.3 Å². The van der Waals surface area contributed by atoms with Gasteiger partial charge in [-0.15, -0.1) is 0 Å². The Hall–Kier alpha value is -3.33. The molecule has 1 fully saturated rings. The van der Waals surface area contributed by atoms with E-state index in [1.165, 1.54) is 24.0 Å². The van der Waals surface area contributed by atoms with Gasteiger partial charge < -0.3 is 0 Å². The van der Waals surface area contributed by atoms with Gasteiger partial charge in [0.2, 0.25) is 10.0 Å². The van der Waals surface area contributed by atoms with Gasteiger partial charge in [-0.2, -0.15) is 14.5 Å². The maximum Gasteiger partial charge on any atom is 0.246 e. The molecule has 3 heterocycles. The van der Waals surface area contributed by atoms with Crippen LogP contribution in [0.1, 0.15) is 35.6 Å². The van der Waals surface area contributed by atoms with Crippen molar-refractivity contribution in [2.75, 3.05) is 13.1 Å². The summed E-state index contributed by atoms with van der Waals surface area (Å²) in [7, 11) is 6.10. The minimum atomic E-state index is -3.75. The van der Waals surface area contributed by atoms with Crippen molar-refractivity contribution in [2.45, 2.75) is 42.4 Å². The molecule has 6 rings (SSSR count). The average molecular weight is 599 g/mol. The highest BCUT2D eigenvalue weighted by molar-refractivity contribution is 7.89. The van der Waals surface area contributed by atoms with Gasteiger partial charge in [0.05, 0.1) is 23.6 Å². The first-order valence-corrected chi connectivity index (χ1v) is 15.8. The fourth-order valence-corrected chi connectivity index (χ4v) is 7.82. The molecule has 0 amide bonds. The normalized spacial score (nSPS) is 19.4. The highest BCUT2D eigenvalue weighted by Crippen LogP contribution is 2.43. The molecule has 3 unspecified atom stereocenters.